The maximum atomic E-state index is 14.3. The second kappa shape index (κ2) is 7.60. The highest BCUT2D eigenvalue weighted by Gasteiger charge is 2.28. The summed E-state index contributed by atoms with van der Waals surface area (Å²) in [6.07, 6.45) is 3.88. The summed E-state index contributed by atoms with van der Waals surface area (Å²) in [5.74, 6) is -0.236. The molecule has 0 bridgehead atoms. The van der Waals surface area contributed by atoms with E-state index in [4.69, 9.17) is 0 Å². The fourth-order valence-electron chi connectivity index (χ4n) is 2.97. The summed E-state index contributed by atoms with van der Waals surface area (Å²) in [6.45, 7) is 1.64. The van der Waals surface area contributed by atoms with Crippen molar-refractivity contribution in [1.29, 1.82) is 5.26 Å². The number of amides is 1. The molecule has 2 aromatic heterocycles. The number of rotatable bonds is 5. The lowest BCUT2D eigenvalue weighted by Gasteiger charge is -2.12. The molecule has 8 nitrogen and oxygen atoms in total. The van der Waals surface area contributed by atoms with Gasteiger partial charge in [-0.2, -0.15) is 9.94 Å². The number of nitriles is 1. The SMILES string of the molecule is CSc1nc(C2CC2)cc(C(=O)Nc2ccc(F)c(-n3nnnc3C)c2)c1C#N. The van der Waals surface area contributed by atoms with Crippen LogP contribution in [0, 0.1) is 24.1 Å². The van der Waals surface area contributed by atoms with Crippen LogP contribution in [0.3, 0.4) is 0 Å². The van der Waals surface area contributed by atoms with Gasteiger partial charge in [0.15, 0.2) is 5.82 Å². The zero-order valence-corrected chi connectivity index (χ0v) is 16.5. The molecule has 29 heavy (non-hydrogen) atoms. The van der Waals surface area contributed by atoms with Crippen LogP contribution in [0.5, 0.6) is 0 Å². The molecule has 1 saturated carbocycles. The quantitative estimate of drug-likeness (QED) is 0.644. The van der Waals surface area contributed by atoms with Gasteiger partial charge in [-0.15, -0.1) is 16.9 Å². The van der Waals surface area contributed by atoms with Crippen molar-refractivity contribution in [2.45, 2.75) is 30.7 Å². The summed E-state index contributed by atoms with van der Waals surface area (Å²) in [7, 11) is 0. The van der Waals surface area contributed by atoms with Gasteiger partial charge in [0.2, 0.25) is 0 Å². The predicted molar refractivity (Wildman–Crippen MR) is 105 cm³/mol. The Balaban J connectivity index is 1.69. The van der Waals surface area contributed by atoms with Gasteiger partial charge in [-0.25, -0.2) is 9.37 Å². The van der Waals surface area contributed by atoms with Crippen molar-refractivity contribution < 1.29 is 9.18 Å². The molecular weight excluding hydrogens is 393 g/mol. The normalized spacial score (nSPS) is 13.2. The third kappa shape index (κ3) is 3.69. The van der Waals surface area contributed by atoms with E-state index in [9.17, 15) is 14.4 Å². The maximum Gasteiger partial charge on any atom is 0.257 e. The number of halogens is 1. The van der Waals surface area contributed by atoms with E-state index < -0.39 is 11.7 Å². The van der Waals surface area contributed by atoms with Gasteiger partial charge in [0.05, 0.1) is 11.1 Å². The molecule has 0 aliphatic heterocycles. The van der Waals surface area contributed by atoms with Gasteiger partial charge in [-0.05, 0) is 60.7 Å². The van der Waals surface area contributed by atoms with E-state index >= 15 is 0 Å². The number of aromatic nitrogens is 5. The van der Waals surface area contributed by atoms with Crippen LogP contribution < -0.4 is 5.32 Å². The van der Waals surface area contributed by atoms with E-state index in [-0.39, 0.29) is 16.8 Å². The van der Waals surface area contributed by atoms with Gasteiger partial charge in [0.25, 0.3) is 5.91 Å². The molecule has 146 valence electrons. The monoisotopic (exact) mass is 409 g/mol. The van der Waals surface area contributed by atoms with Gasteiger partial charge < -0.3 is 5.32 Å². The largest absolute Gasteiger partial charge is 0.322 e. The van der Waals surface area contributed by atoms with E-state index in [1.165, 1.54) is 34.6 Å². The zero-order valence-electron chi connectivity index (χ0n) is 15.7. The number of benzene rings is 1. The summed E-state index contributed by atoms with van der Waals surface area (Å²) in [5, 5.41) is 23.9. The Morgan fingerprint density at radius 2 is 2.17 bits per heavy atom. The Bertz CT molecular complexity index is 1150. The Morgan fingerprint density at radius 3 is 2.79 bits per heavy atom. The molecule has 1 aliphatic carbocycles. The number of carbonyl (C=O) groups is 1. The van der Waals surface area contributed by atoms with Crippen molar-refractivity contribution in [2.75, 3.05) is 11.6 Å². The number of hydrogen-bond acceptors (Lipinski definition) is 7. The molecule has 1 aromatic carbocycles. The Morgan fingerprint density at radius 1 is 1.38 bits per heavy atom. The van der Waals surface area contributed by atoms with Crippen LogP contribution in [0.2, 0.25) is 0 Å². The second-order valence-electron chi connectivity index (χ2n) is 6.62. The smallest absolute Gasteiger partial charge is 0.257 e. The van der Waals surface area contributed by atoms with Crippen LogP contribution in [-0.4, -0.2) is 37.4 Å². The number of nitrogens with one attached hydrogen (secondary N) is 1. The van der Waals surface area contributed by atoms with Crippen molar-refractivity contribution in [3.63, 3.8) is 0 Å². The minimum atomic E-state index is -0.527. The van der Waals surface area contributed by atoms with E-state index in [2.05, 4.69) is 31.9 Å². The summed E-state index contributed by atoms with van der Waals surface area (Å²) < 4.78 is 15.5. The number of anilines is 1. The molecule has 0 unspecified atom stereocenters. The van der Waals surface area contributed by atoms with Gasteiger partial charge in [-0.3, -0.25) is 4.79 Å². The van der Waals surface area contributed by atoms with Crippen LogP contribution in [0.25, 0.3) is 5.69 Å². The molecular formula is C19H16FN7OS. The first-order valence-electron chi connectivity index (χ1n) is 8.87. The third-order valence-electron chi connectivity index (χ3n) is 4.61. The molecule has 1 aliphatic rings. The van der Waals surface area contributed by atoms with Crippen LogP contribution in [0.4, 0.5) is 10.1 Å². The highest BCUT2D eigenvalue weighted by Crippen LogP contribution is 2.40. The number of pyridine rings is 1. The van der Waals surface area contributed by atoms with E-state index in [0.29, 0.717) is 22.5 Å². The molecule has 0 saturated heterocycles. The molecule has 3 aromatic rings. The van der Waals surface area contributed by atoms with Crippen molar-refractivity contribution in [3.05, 3.63) is 52.7 Å². The van der Waals surface area contributed by atoms with Gasteiger partial charge in [0, 0.05) is 17.3 Å². The molecule has 4 rings (SSSR count). The minimum Gasteiger partial charge on any atom is -0.322 e. The first-order chi connectivity index (χ1) is 14.0. The fourth-order valence-corrected chi connectivity index (χ4v) is 3.53. The number of nitrogens with zero attached hydrogens (tertiary/aromatic N) is 6. The summed E-state index contributed by atoms with van der Waals surface area (Å²) in [5.41, 5.74) is 1.79. The Hall–Kier alpha value is -3.32. The number of aryl methyl sites for hydroxylation is 1. The average Bonchev–Trinajstić information content (AvgIpc) is 3.49. The topological polar surface area (TPSA) is 109 Å². The maximum absolute atomic E-state index is 14.3. The Kier molecular flexibility index (Phi) is 4.98. The molecule has 1 amide bonds. The number of thioether (sulfide) groups is 1. The highest BCUT2D eigenvalue weighted by atomic mass is 32.2. The van der Waals surface area contributed by atoms with Gasteiger partial charge in [0.1, 0.15) is 22.6 Å². The molecule has 2 heterocycles. The van der Waals surface area contributed by atoms with Gasteiger partial charge in [-0.1, -0.05) is 0 Å². The second-order valence-corrected chi connectivity index (χ2v) is 7.42. The molecule has 0 radical (unpaired) electrons. The van der Waals surface area contributed by atoms with Gasteiger partial charge >= 0.3 is 0 Å². The number of tetrazole rings is 1. The molecule has 10 heteroatoms. The van der Waals surface area contributed by atoms with E-state index in [1.54, 1.807) is 13.0 Å². The summed E-state index contributed by atoms with van der Waals surface area (Å²) >= 11 is 1.33. The lowest BCUT2D eigenvalue weighted by Crippen LogP contribution is -2.16. The van der Waals surface area contributed by atoms with E-state index in [0.717, 1.165) is 18.5 Å². The minimum absolute atomic E-state index is 0.115. The lowest BCUT2D eigenvalue weighted by molar-refractivity contribution is 0.102. The number of hydrogen-bond donors (Lipinski definition) is 1. The molecule has 1 fully saturated rings. The van der Waals surface area contributed by atoms with Crippen LogP contribution in [0.15, 0.2) is 29.3 Å². The van der Waals surface area contributed by atoms with Crippen LogP contribution >= 0.6 is 11.8 Å². The molecule has 1 N–H and O–H groups in total. The first-order valence-corrected chi connectivity index (χ1v) is 10.1. The average molecular weight is 409 g/mol. The predicted octanol–water partition coefficient (Wildman–Crippen LogP) is 3.23. The van der Waals surface area contributed by atoms with Crippen LogP contribution in [-0.2, 0) is 0 Å². The summed E-state index contributed by atoms with van der Waals surface area (Å²) in [4.78, 5) is 17.5. The lowest BCUT2D eigenvalue weighted by atomic mass is 10.1. The highest BCUT2D eigenvalue weighted by molar-refractivity contribution is 7.98. The zero-order chi connectivity index (χ0) is 20.5. The number of carbonyl (C=O) groups excluding carboxylic acids is 1. The standard InChI is InChI=1S/C19H16FN7OS/c1-10-24-25-26-27(10)17-7-12(5-6-15(17)20)22-18(28)13-8-16(11-3-4-11)23-19(29-2)14(13)9-21/h5-8,11H,3-4H2,1-2H3,(H,22,28). The van der Waals surface area contributed by atoms with Crippen molar-refractivity contribution in [2.24, 2.45) is 0 Å². The summed E-state index contributed by atoms with van der Waals surface area (Å²) in [6, 6.07) is 7.89. The molecule has 0 atom stereocenters. The first kappa shape index (κ1) is 19.0. The van der Waals surface area contributed by atoms with Crippen molar-refractivity contribution in [1.82, 2.24) is 25.2 Å². The Labute approximate surface area is 170 Å². The van der Waals surface area contributed by atoms with Crippen molar-refractivity contribution >= 4 is 23.4 Å². The van der Waals surface area contributed by atoms with Crippen molar-refractivity contribution in [3.8, 4) is 11.8 Å². The van der Waals surface area contributed by atoms with E-state index in [1.807, 2.05) is 6.26 Å². The third-order valence-corrected chi connectivity index (χ3v) is 5.29. The molecule has 0 spiro atoms. The van der Waals surface area contributed by atoms with Crippen LogP contribution in [0.1, 0.15) is 46.2 Å². The fraction of sp³-hybridized carbons (Fsp3) is 0.263.